The lowest BCUT2D eigenvalue weighted by Gasteiger charge is -2.31. The van der Waals surface area contributed by atoms with Crippen LogP contribution in [0.25, 0.3) is 12.2 Å². The fraction of sp³-hybridized carbons (Fsp3) is 0.167. The summed E-state index contributed by atoms with van der Waals surface area (Å²) < 4.78 is 0.618. The van der Waals surface area contributed by atoms with Crippen LogP contribution in [-0.2, 0) is 4.79 Å². The Morgan fingerprint density at radius 3 is 1.91 bits per heavy atom. The second kappa shape index (κ2) is 11.4. The molecule has 35 heavy (non-hydrogen) atoms. The number of hydrogen-bond donors (Lipinski definition) is 0. The van der Waals surface area contributed by atoms with Crippen LogP contribution in [0.15, 0.2) is 90.0 Å². The van der Waals surface area contributed by atoms with Crippen molar-refractivity contribution in [3.8, 4) is 0 Å². The van der Waals surface area contributed by atoms with E-state index in [9.17, 15) is 9.59 Å². The smallest absolute Gasteiger partial charge is 0.188 e. The molecule has 5 heteroatoms. The van der Waals surface area contributed by atoms with Gasteiger partial charge < -0.3 is 4.90 Å². The van der Waals surface area contributed by atoms with Crippen LogP contribution in [0.4, 0.5) is 0 Å². The predicted molar refractivity (Wildman–Crippen MR) is 151 cm³/mol. The summed E-state index contributed by atoms with van der Waals surface area (Å²) in [6.45, 7) is 4.91. The van der Waals surface area contributed by atoms with Crippen LogP contribution in [0.5, 0.6) is 0 Å². The average Bonchev–Trinajstić information content (AvgIpc) is 2.85. The summed E-state index contributed by atoms with van der Waals surface area (Å²) >= 11 is 7.08. The van der Waals surface area contributed by atoms with Crippen LogP contribution in [0, 0.1) is 13.8 Å². The molecule has 0 unspecified atom stereocenters. The zero-order valence-electron chi connectivity index (χ0n) is 19.9. The zero-order chi connectivity index (χ0) is 24.8. The van der Waals surface area contributed by atoms with Gasteiger partial charge >= 0.3 is 0 Å². The number of piperidine rings is 1. The molecule has 1 saturated heterocycles. The first-order valence-corrected chi connectivity index (χ1v) is 12.9. The van der Waals surface area contributed by atoms with Gasteiger partial charge in [-0.1, -0.05) is 114 Å². The fourth-order valence-corrected chi connectivity index (χ4v) is 5.06. The van der Waals surface area contributed by atoms with Crippen molar-refractivity contribution in [3.63, 3.8) is 0 Å². The third kappa shape index (κ3) is 6.65. The van der Waals surface area contributed by atoms with E-state index in [1.807, 2.05) is 97.6 Å². The van der Waals surface area contributed by atoms with Gasteiger partial charge in [0, 0.05) is 29.8 Å². The van der Waals surface area contributed by atoms with E-state index < -0.39 is 0 Å². The number of carbonyl (C=O) groups excluding carboxylic acids is 2. The van der Waals surface area contributed by atoms with E-state index in [1.165, 1.54) is 11.8 Å². The number of carbonyl (C=O) groups is 2. The van der Waals surface area contributed by atoms with Crippen molar-refractivity contribution in [2.24, 2.45) is 0 Å². The van der Waals surface area contributed by atoms with Crippen LogP contribution in [-0.4, -0.2) is 39.6 Å². The molecule has 4 rings (SSSR count). The third-order valence-corrected chi connectivity index (χ3v) is 7.28. The molecular weight excluding hydrogens is 470 g/mol. The molecule has 3 aromatic carbocycles. The first-order chi connectivity index (χ1) is 16.9. The van der Waals surface area contributed by atoms with Gasteiger partial charge in [-0.05, 0) is 37.1 Å². The van der Waals surface area contributed by atoms with E-state index in [1.54, 1.807) is 0 Å². The lowest BCUT2D eigenvalue weighted by Crippen LogP contribution is -2.40. The molecule has 0 aromatic heterocycles. The number of likely N-dealkylation sites (tertiary alicyclic amines) is 1. The van der Waals surface area contributed by atoms with Crippen molar-refractivity contribution >= 4 is 52.0 Å². The Labute approximate surface area is 216 Å². The van der Waals surface area contributed by atoms with E-state index in [2.05, 4.69) is 12.1 Å². The number of nitrogens with zero attached hydrogens (tertiary/aromatic N) is 1. The highest BCUT2D eigenvalue weighted by Gasteiger charge is 2.28. The topological polar surface area (TPSA) is 37.4 Å². The molecule has 1 fully saturated rings. The second-order valence-electron chi connectivity index (χ2n) is 8.70. The molecule has 3 nitrogen and oxygen atoms in total. The van der Waals surface area contributed by atoms with E-state index in [4.69, 9.17) is 12.2 Å². The molecule has 0 atom stereocenters. The van der Waals surface area contributed by atoms with Gasteiger partial charge in [0.2, 0.25) is 0 Å². The van der Waals surface area contributed by atoms with Crippen LogP contribution >= 0.6 is 24.0 Å². The van der Waals surface area contributed by atoms with Crippen molar-refractivity contribution in [1.29, 1.82) is 0 Å². The summed E-state index contributed by atoms with van der Waals surface area (Å²) in [4.78, 5) is 28.1. The highest BCUT2D eigenvalue weighted by molar-refractivity contribution is 8.23. The maximum atomic E-state index is 13.5. The van der Waals surface area contributed by atoms with E-state index in [-0.39, 0.29) is 17.3 Å². The predicted octanol–water partition coefficient (Wildman–Crippen LogP) is 6.56. The van der Waals surface area contributed by atoms with Crippen molar-refractivity contribution in [1.82, 2.24) is 4.90 Å². The zero-order valence-corrected chi connectivity index (χ0v) is 21.5. The van der Waals surface area contributed by atoms with Crippen molar-refractivity contribution in [2.45, 2.75) is 13.8 Å². The normalized spacial score (nSPS) is 16.1. The Bertz CT molecular complexity index is 1260. The molecule has 176 valence electrons. The van der Waals surface area contributed by atoms with Crippen molar-refractivity contribution < 1.29 is 9.59 Å². The molecule has 3 aromatic rings. The molecule has 1 heterocycles. The Hall–Kier alpha value is -3.28. The minimum absolute atomic E-state index is 0.0390. The van der Waals surface area contributed by atoms with Gasteiger partial charge in [-0.15, -0.1) is 0 Å². The number of benzene rings is 3. The number of thiocarbonyl (C=S) groups is 1. The Kier molecular flexibility index (Phi) is 8.11. The first-order valence-electron chi connectivity index (χ1n) is 11.5. The number of thioether (sulfide) groups is 1. The number of rotatable bonds is 5. The van der Waals surface area contributed by atoms with E-state index >= 15 is 0 Å². The molecule has 1 aliphatic heterocycles. The van der Waals surface area contributed by atoms with Crippen LogP contribution < -0.4 is 0 Å². The molecule has 0 N–H and O–H groups in total. The van der Waals surface area contributed by atoms with Crippen LogP contribution in [0.1, 0.15) is 32.6 Å². The fourth-order valence-electron chi connectivity index (χ4n) is 4.02. The monoisotopic (exact) mass is 497 g/mol. The minimum Gasteiger partial charge on any atom is -0.349 e. The van der Waals surface area contributed by atoms with Gasteiger partial charge in [0.15, 0.2) is 11.6 Å². The molecule has 0 spiro atoms. The number of ketones is 2. The third-order valence-electron chi connectivity index (χ3n) is 5.75. The molecule has 0 aliphatic carbocycles. The highest BCUT2D eigenvalue weighted by Crippen LogP contribution is 2.25. The van der Waals surface area contributed by atoms with Crippen LogP contribution in [0.3, 0.4) is 0 Å². The number of aryl methyl sites for hydroxylation is 2. The van der Waals surface area contributed by atoms with Crippen LogP contribution in [0.2, 0.25) is 0 Å². The van der Waals surface area contributed by atoms with Gasteiger partial charge in [0.25, 0.3) is 0 Å². The maximum Gasteiger partial charge on any atom is 0.188 e. The molecule has 0 bridgehead atoms. The lowest BCUT2D eigenvalue weighted by atomic mass is 9.94. The summed E-state index contributed by atoms with van der Waals surface area (Å²) in [5, 5.41) is 0. The summed E-state index contributed by atoms with van der Waals surface area (Å²) in [5.74, 6) is 0.343. The molecule has 0 radical (unpaired) electrons. The van der Waals surface area contributed by atoms with Gasteiger partial charge in [-0.25, -0.2) is 0 Å². The minimum atomic E-state index is 0.0390. The molecular formula is C30H27NO2S2. The van der Waals surface area contributed by atoms with Gasteiger partial charge in [-0.2, -0.15) is 0 Å². The first kappa shape index (κ1) is 24.8. The summed E-state index contributed by atoms with van der Waals surface area (Å²) in [6.07, 6.45) is 3.90. The van der Waals surface area contributed by atoms with E-state index in [0.717, 1.165) is 22.3 Å². The van der Waals surface area contributed by atoms with Crippen molar-refractivity contribution in [3.05, 3.63) is 118 Å². The number of hydrogen-bond acceptors (Lipinski definition) is 4. The summed E-state index contributed by atoms with van der Waals surface area (Å²) in [7, 11) is 0. The highest BCUT2D eigenvalue weighted by atomic mass is 32.2. The van der Waals surface area contributed by atoms with Gasteiger partial charge in [0.1, 0.15) is 4.32 Å². The second-order valence-corrected chi connectivity index (χ2v) is 10.3. The summed E-state index contributed by atoms with van der Waals surface area (Å²) in [6, 6.07) is 25.4. The van der Waals surface area contributed by atoms with Gasteiger partial charge in [-0.3, -0.25) is 9.59 Å². The molecule has 0 amide bonds. The largest absolute Gasteiger partial charge is 0.349 e. The maximum absolute atomic E-state index is 13.5. The average molecular weight is 498 g/mol. The van der Waals surface area contributed by atoms with E-state index in [0.29, 0.717) is 34.1 Å². The van der Waals surface area contributed by atoms with Gasteiger partial charge in [0.05, 0.1) is 5.75 Å². The Morgan fingerprint density at radius 2 is 1.40 bits per heavy atom. The lowest BCUT2D eigenvalue weighted by molar-refractivity contribution is -0.113. The summed E-state index contributed by atoms with van der Waals surface area (Å²) in [5.41, 5.74) is 6.32. The Balaban J connectivity index is 1.59. The van der Waals surface area contributed by atoms with Crippen molar-refractivity contribution in [2.75, 3.05) is 18.8 Å². The molecule has 0 saturated carbocycles. The standard InChI is InChI=1S/C30H27NO2S2/c1-21-8-6-10-23(14-21)16-26-18-31(30(34)35-20-28(32)25-12-4-3-5-13-25)19-27(29(26)33)17-24-11-7-9-22(2)15-24/h3-17H,18-20H2,1-2H3/b26-16+,27-17+. The SMILES string of the molecule is Cc1cccc(/C=C2\CN(C(=S)SCC(=O)c3ccccc3)C/C(=C\c3cccc(C)c3)C2=O)c1. The molecule has 1 aliphatic rings. The Morgan fingerprint density at radius 1 is 0.857 bits per heavy atom. The quantitative estimate of drug-likeness (QED) is 0.227. The number of Topliss-reactive ketones (excluding diaryl/α,β-unsaturated/α-hetero) is 2.